The van der Waals surface area contributed by atoms with E-state index in [1.165, 1.54) is 6.92 Å². The number of rotatable bonds is 3. The third-order valence-corrected chi connectivity index (χ3v) is 2.27. The van der Waals surface area contributed by atoms with Crippen LogP contribution >= 0.6 is 22.3 Å². The van der Waals surface area contributed by atoms with E-state index in [0.29, 0.717) is 12.3 Å². The highest BCUT2D eigenvalue weighted by molar-refractivity contribution is 8.13. The number of amides is 1. The third kappa shape index (κ3) is 38.2. The molecule has 3 N–H and O–H groups in total. The maximum Gasteiger partial charge on any atom is 0.490 e. The van der Waals surface area contributed by atoms with Crippen LogP contribution in [0.4, 0.5) is 13.2 Å². The van der Waals surface area contributed by atoms with Gasteiger partial charge in [-0.1, -0.05) is 0 Å². The number of nitrogens with two attached hydrogens (primary N) is 1. The second-order valence-corrected chi connectivity index (χ2v) is 5.97. The molecule has 0 bridgehead atoms. The molecule has 6 nitrogen and oxygen atoms in total. The molecular weight excluding hydrogens is 338 g/mol. The van der Waals surface area contributed by atoms with Gasteiger partial charge in [0.2, 0.25) is 15.0 Å². The molecule has 0 aliphatic rings. The number of carbonyl (C=O) groups excluding carboxylic acids is 1. The van der Waals surface area contributed by atoms with E-state index in [4.69, 9.17) is 32.2 Å². The highest BCUT2D eigenvalue weighted by Crippen LogP contribution is 2.13. The third-order valence-electron chi connectivity index (χ3n) is 0.764. The summed E-state index contributed by atoms with van der Waals surface area (Å²) in [5.74, 6) is -2.78. The minimum Gasteiger partial charge on any atom is -0.475 e. The summed E-state index contributed by atoms with van der Waals surface area (Å²) in [5, 5.41) is 7.12. The fourth-order valence-electron chi connectivity index (χ4n) is 0.227. The quantitative estimate of drug-likeness (QED) is 0.588. The molecule has 12 heteroatoms. The van der Waals surface area contributed by atoms with Crippen LogP contribution < -0.4 is 5.73 Å². The van der Waals surface area contributed by atoms with Gasteiger partial charge in [-0.25, -0.2) is 13.2 Å². The number of alkyl halides is 4. The average Bonchev–Trinajstić information content (AvgIpc) is 2.12. The first-order chi connectivity index (χ1) is 8.24. The molecule has 0 rings (SSSR count). The molecule has 0 aromatic heterocycles. The number of hydrogen-bond acceptors (Lipinski definition) is 4. The van der Waals surface area contributed by atoms with E-state index in [1.807, 2.05) is 0 Å². The van der Waals surface area contributed by atoms with Crippen LogP contribution in [0.2, 0.25) is 0 Å². The van der Waals surface area contributed by atoms with Gasteiger partial charge in [0.15, 0.2) is 0 Å². The monoisotopic (exact) mass is 349 g/mol. The summed E-state index contributed by atoms with van der Waals surface area (Å²) in [5.41, 5.74) is 4.47. The number of carboxylic acids is 1. The summed E-state index contributed by atoms with van der Waals surface area (Å²) >= 11 is 5.18. The van der Waals surface area contributed by atoms with Crippen LogP contribution in [-0.4, -0.2) is 43.2 Å². The van der Waals surface area contributed by atoms with E-state index in [0.717, 1.165) is 0 Å². The number of aliphatic carboxylic acids is 1. The zero-order valence-corrected chi connectivity index (χ0v) is 11.9. The SMILES string of the molecule is CC(N)=O.O=C(O)C(F)(F)F.O=S(=O)(Cl)CCCCl. The van der Waals surface area contributed by atoms with Crippen molar-refractivity contribution in [2.45, 2.75) is 19.5 Å². The van der Waals surface area contributed by atoms with Gasteiger partial charge in [-0.3, -0.25) is 4.79 Å². The molecule has 0 aliphatic carbocycles. The summed E-state index contributed by atoms with van der Waals surface area (Å²) < 4.78 is 51.9. The Morgan fingerprint density at radius 3 is 1.63 bits per heavy atom. The summed E-state index contributed by atoms with van der Waals surface area (Å²) in [6.45, 7) is 1.31. The van der Waals surface area contributed by atoms with Gasteiger partial charge >= 0.3 is 12.1 Å². The maximum absolute atomic E-state index is 10.6. The van der Waals surface area contributed by atoms with Crippen molar-refractivity contribution in [3.05, 3.63) is 0 Å². The van der Waals surface area contributed by atoms with Crippen LogP contribution in [0, 0.1) is 0 Å². The smallest absolute Gasteiger partial charge is 0.475 e. The predicted octanol–water partition coefficient (Wildman–Crippen LogP) is 1.31. The summed E-state index contributed by atoms with van der Waals surface area (Å²) in [6, 6.07) is 0. The molecule has 0 saturated carbocycles. The van der Waals surface area contributed by atoms with Gasteiger partial charge in [-0.15, -0.1) is 11.6 Å². The van der Waals surface area contributed by atoms with Crippen LogP contribution in [0.25, 0.3) is 0 Å². The minimum absolute atomic E-state index is 0.0297. The fraction of sp³-hybridized carbons (Fsp3) is 0.714. The lowest BCUT2D eigenvalue weighted by Crippen LogP contribution is -2.21. The van der Waals surface area contributed by atoms with E-state index in [2.05, 4.69) is 5.73 Å². The first-order valence-corrected chi connectivity index (χ1v) is 7.29. The Morgan fingerprint density at radius 2 is 1.58 bits per heavy atom. The number of carbonyl (C=O) groups is 2. The second kappa shape index (κ2) is 11.1. The van der Waals surface area contributed by atoms with Crippen LogP contribution in [0.15, 0.2) is 0 Å². The molecule has 0 fully saturated rings. The first kappa shape index (κ1) is 23.4. The van der Waals surface area contributed by atoms with Gasteiger partial charge in [0, 0.05) is 23.5 Å². The maximum atomic E-state index is 10.6. The summed E-state index contributed by atoms with van der Waals surface area (Å²) in [4.78, 5) is 18.1. The molecule has 0 spiro atoms. The van der Waals surface area contributed by atoms with E-state index < -0.39 is 21.2 Å². The van der Waals surface area contributed by atoms with Crippen molar-refractivity contribution < 1.29 is 36.3 Å². The topological polar surface area (TPSA) is 115 Å². The molecule has 0 unspecified atom stereocenters. The normalized spacial score (nSPS) is 10.4. The zero-order chi connectivity index (χ0) is 16.3. The van der Waals surface area contributed by atoms with E-state index in [1.54, 1.807) is 0 Å². The minimum atomic E-state index is -5.08. The van der Waals surface area contributed by atoms with Crippen molar-refractivity contribution in [3.8, 4) is 0 Å². The largest absolute Gasteiger partial charge is 0.490 e. The Morgan fingerprint density at radius 1 is 1.32 bits per heavy atom. The summed E-state index contributed by atoms with van der Waals surface area (Å²) in [6.07, 6.45) is -4.66. The van der Waals surface area contributed by atoms with Crippen molar-refractivity contribution >= 4 is 43.2 Å². The lowest BCUT2D eigenvalue weighted by atomic mass is 10.6. The zero-order valence-electron chi connectivity index (χ0n) is 9.58. The average molecular weight is 350 g/mol. The molecule has 0 aromatic carbocycles. The number of hydrogen-bond donors (Lipinski definition) is 2. The Balaban J connectivity index is -0.000000214. The summed E-state index contributed by atoms with van der Waals surface area (Å²) in [7, 11) is 1.53. The molecule has 0 atom stereocenters. The Hall–Kier alpha value is -0.740. The second-order valence-electron chi connectivity index (χ2n) is 2.70. The number of halogens is 5. The van der Waals surface area contributed by atoms with Gasteiger partial charge in [0.1, 0.15) is 0 Å². The lowest BCUT2D eigenvalue weighted by molar-refractivity contribution is -0.192. The van der Waals surface area contributed by atoms with E-state index in [9.17, 15) is 26.4 Å². The van der Waals surface area contributed by atoms with Crippen LogP contribution in [0.5, 0.6) is 0 Å². The highest BCUT2D eigenvalue weighted by Gasteiger charge is 2.38. The molecule has 0 radical (unpaired) electrons. The molecule has 1 amide bonds. The van der Waals surface area contributed by atoms with Gasteiger partial charge in [0.05, 0.1) is 5.75 Å². The molecule has 0 aliphatic heterocycles. The number of carboxylic acid groups (broad SMARTS) is 1. The molecule has 0 aromatic rings. The molecule has 19 heavy (non-hydrogen) atoms. The fourth-order valence-corrected chi connectivity index (χ4v) is 1.34. The Labute approximate surface area is 117 Å². The molecule has 0 saturated heterocycles. The lowest BCUT2D eigenvalue weighted by Gasteiger charge is -1.93. The molecule has 0 heterocycles. The van der Waals surface area contributed by atoms with Crippen molar-refractivity contribution in [2.24, 2.45) is 5.73 Å². The van der Waals surface area contributed by atoms with Crippen molar-refractivity contribution in [2.75, 3.05) is 11.6 Å². The predicted molar refractivity (Wildman–Crippen MR) is 63.5 cm³/mol. The Kier molecular flexibility index (Phi) is 13.7. The molecular formula is C7H12Cl2F3NO5S. The standard InChI is InChI=1S/C3H6Cl2O2S.C2HF3O2.C2H5NO/c4-2-1-3-8(5,6)7;3-2(4,5)1(6)7;1-2(3)4/h1-3H2;(H,6,7);1H3,(H2,3,4). The van der Waals surface area contributed by atoms with E-state index in [-0.39, 0.29) is 11.7 Å². The van der Waals surface area contributed by atoms with Crippen molar-refractivity contribution in [3.63, 3.8) is 0 Å². The molecule has 116 valence electrons. The first-order valence-electron chi connectivity index (χ1n) is 4.28. The number of primary amides is 1. The van der Waals surface area contributed by atoms with Crippen LogP contribution in [0.1, 0.15) is 13.3 Å². The van der Waals surface area contributed by atoms with Crippen LogP contribution in [-0.2, 0) is 18.6 Å². The highest BCUT2D eigenvalue weighted by atomic mass is 35.7. The van der Waals surface area contributed by atoms with Gasteiger partial charge in [-0.2, -0.15) is 13.2 Å². The van der Waals surface area contributed by atoms with E-state index >= 15 is 0 Å². The van der Waals surface area contributed by atoms with Gasteiger partial charge < -0.3 is 10.8 Å². The van der Waals surface area contributed by atoms with Crippen molar-refractivity contribution in [1.82, 2.24) is 0 Å². The Bertz CT molecular complexity index is 367. The van der Waals surface area contributed by atoms with Gasteiger partial charge in [0.25, 0.3) is 0 Å². The van der Waals surface area contributed by atoms with Crippen LogP contribution in [0.3, 0.4) is 0 Å². The van der Waals surface area contributed by atoms with Gasteiger partial charge in [-0.05, 0) is 6.42 Å². The van der Waals surface area contributed by atoms with Crippen molar-refractivity contribution in [1.29, 1.82) is 0 Å².